The fourth-order valence-corrected chi connectivity index (χ4v) is 3.81. The van der Waals surface area contributed by atoms with Gasteiger partial charge in [0.25, 0.3) is 5.91 Å². The number of hydrogen-bond acceptors (Lipinski definition) is 6. The fraction of sp³-hybridized carbons (Fsp3) is 0.227. The number of ether oxygens (including phenoxy) is 2. The number of benzene rings is 2. The second kappa shape index (κ2) is 7.09. The Labute approximate surface area is 168 Å². The molecular weight excluding hydrogens is 368 g/mol. The van der Waals surface area contributed by atoms with Crippen molar-refractivity contribution in [2.45, 2.75) is 25.9 Å². The summed E-state index contributed by atoms with van der Waals surface area (Å²) in [6.45, 7) is 2.85. The molecule has 0 spiro atoms. The van der Waals surface area contributed by atoms with Gasteiger partial charge in [0, 0.05) is 24.3 Å². The quantitative estimate of drug-likeness (QED) is 0.738. The van der Waals surface area contributed by atoms with Gasteiger partial charge in [-0.15, -0.1) is 0 Å². The van der Waals surface area contributed by atoms with Gasteiger partial charge in [-0.25, -0.2) is 9.97 Å². The van der Waals surface area contributed by atoms with Crippen molar-refractivity contribution in [3.8, 4) is 11.5 Å². The zero-order valence-corrected chi connectivity index (χ0v) is 16.0. The summed E-state index contributed by atoms with van der Waals surface area (Å²) >= 11 is 0. The molecule has 3 aromatic rings. The van der Waals surface area contributed by atoms with Crippen LogP contribution in [-0.2, 0) is 13.0 Å². The average molecular weight is 388 g/mol. The van der Waals surface area contributed by atoms with E-state index in [0.29, 0.717) is 18.1 Å². The fourth-order valence-electron chi connectivity index (χ4n) is 3.81. The molecule has 0 saturated heterocycles. The van der Waals surface area contributed by atoms with Crippen LogP contribution in [-0.4, -0.2) is 28.7 Å². The maximum atomic E-state index is 13.2. The molecule has 1 unspecified atom stereocenters. The molecule has 5 rings (SSSR count). The monoisotopic (exact) mass is 388 g/mol. The number of nitrogens with one attached hydrogen (secondary N) is 1. The molecule has 0 saturated carbocycles. The van der Waals surface area contributed by atoms with Gasteiger partial charge in [0.15, 0.2) is 11.5 Å². The minimum atomic E-state index is -0.115. The first-order valence-corrected chi connectivity index (χ1v) is 9.55. The zero-order valence-electron chi connectivity index (χ0n) is 16.0. The molecule has 7 heteroatoms. The molecule has 1 atom stereocenters. The van der Waals surface area contributed by atoms with Gasteiger partial charge in [-0.2, -0.15) is 0 Å². The molecule has 2 aromatic carbocycles. The van der Waals surface area contributed by atoms with Crippen molar-refractivity contribution in [1.29, 1.82) is 0 Å². The third-order valence-electron chi connectivity index (χ3n) is 5.22. The Kier molecular flexibility index (Phi) is 4.27. The Balaban J connectivity index is 1.33. The van der Waals surface area contributed by atoms with Gasteiger partial charge in [-0.05, 0) is 42.7 Å². The molecule has 146 valence electrons. The molecule has 1 aromatic heterocycles. The maximum Gasteiger partial charge on any atom is 0.277 e. The van der Waals surface area contributed by atoms with Crippen LogP contribution in [0.15, 0.2) is 54.9 Å². The number of carbonyl (C=O) groups excluding carboxylic acids is 1. The van der Waals surface area contributed by atoms with Crippen molar-refractivity contribution in [3.05, 3.63) is 71.7 Å². The highest BCUT2D eigenvalue weighted by atomic mass is 16.7. The molecule has 3 heterocycles. The minimum absolute atomic E-state index is 0.0971. The third-order valence-corrected chi connectivity index (χ3v) is 5.22. The predicted molar refractivity (Wildman–Crippen MR) is 108 cm³/mol. The Morgan fingerprint density at radius 2 is 2.00 bits per heavy atom. The van der Waals surface area contributed by atoms with Crippen molar-refractivity contribution >= 4 is 17.4 Å². The predicted octanol–water partition coefficient (Wildman–Crippen LogP) is 3.41. The lowest BCUT2D eigenvalue weighted by molar-refractivity contribution is 0.0976. The van der Waals surface area contributed by atoms with Gasteiger partial charge >= 0.3 is 0 Å². The number of aromatic nitrogens is 2. The van der Waals surface area contributed by atoms with Crippen LogP contribution < -0.4 is 19.7 Å². The van der Waals surface area contributed by atoms with E-state index < -0.39 is 0 Å². The summed E-state index contributed by atoms with van der Waals surface area (Å²) in [5, 5.41) is 3.25. The van der Waals surface area contributed by atoms with Gasteiger partial charge in [0.05, 0.1) is 0 Å². The van der Waals surface area contributed by atoms with Gasteiger partial charge in [0.1, 0.15) is 17.8 Å². The number of para-hydroxylation sites is 1. The number of amides is 1. The first-order valence-electron chi connectivity index (χ1n) is 9.55. The Morgan fingerprint density at radius 1 is 1.14 bits per heavy atom. The molecule has 0 bridgehead atoms. The lowest BCUT2D eigenvalue weighted by atomic mass is 10.1. The Hall–Kier alpha value is -3.61. The summed E-state index contributed by atoms with van der Waals surface area (Å²) in [4.78, 5) is 23.4. The molecule has 7 nitrogen and oxygen atoms in total. The topological polar surface area (TPSA) is 76.6 Å². The van der Waals surface area contributed by atoms with E-state index in [9.17, 15) is 4.79 Å². The molecular formula is C22H20N4O3. The summed E-state index contributed by atoms with van der Waals surface area (Å²) in [7, 11) is 0. The zero-order chi connectivity index (χ0) is 19.8. The van der Waals surface area contributed by atoms with E-state index in [1.807, 2.05) is 41.3 Å². The SMILES string of the molecule is CC1Cc2ccccc2N1C(=O)c1cc(NCc2ccc3c(c2)OCO3)ncn1. The van der Waals surface area contributed by atoms with Gasteiger partial charge < -0.3 is 19.7 Å². The molecule has 1 amide bonds. The molecule has 0 fully saturated rings. The van der Waals surface area contributed by atoms with Crippen LogP contribution in [0.25, 0.3) is 0 Å². The van der Waals surface area contributed by atoms with Gasteiger partial charge in [-0.3, -0.25) is 4.79 Å². The molecule has 0 radical (unpaired) electrons. The van der Waals surface area contributed by atoms with Crippen LogP contribution in [0.3, 0.4) is 0 Å². The van der Waals surface area contributed by atoms with Crippen LogP contribution in [0, 0.1) is 0 Å². The van der Waals surface area contributed by atoms with Crippen molar-refractivity contribution in [2.75, 3.05) is 17.0 Å². The second-order valence-corrected chi connectivity index (χ2v) is 7.19. The lowest BCUT2D eigenvalue weighted by Gasteiger charge is -2.22. The van der Waals surface area contributed by atoms with E-state index in [2.05, 4.69) is 28.3 Å². The molecule has 1 N–H and O–H groups in total. The van der Waals surface area contributed by atoms with Crippen molar-refractivity contribution in [3.63, 3.8) is 0 Å². The van der Waals surface area contributed by atoms with Crippen LogP contribution in [0.1, 0.15) is 28.5 Å². The van der Waals surface area contributed by atoms with E-state index in [4.69, 9.17) is 9.47 Å². The number of anilines is 2. The summed E-state index contributed by atoms with van der Waals surface area (Å²) in [5.74, 6) is 1.98. The summed E-state index contributed by atoms with van der Waals surface area (Å²) in [6, 6.07) is 15.6. The minimum Gasteiger partial charge on any atom is -0.454 e. The highest BCUT2D eigenvalue weighted by Crippen LogP contribution is 2.34. The van der Waals surface area contributed by atoms with Gasteiger partial charge in [0.2, 0.25) is 6.79 Å². The number of fused-ring (bicyclic) bond motifs is 2. The number of hydrogen-bond donors (Lipinski definition) is 1. The van der Waals surface area contributed by atoms with Crippen LogP contribution in [0.5, 0.6) is 11.5 Å². The van der Waals surface area contributed by atoms with E-state index in [1.54, 1.807) is 6.07 Å². The van der Waals surface area contributed by atoms with Gasteiger partial charge in [-0.1, -0.05) is 24.3 Å². The summed E-state index contributed by atoms with van der Waals surface area (Å²) in [6.07, 6.45) is 2.27. The van der Waals surface area contributed by atoms with E-state index >= 15 is 0 Å². The highest BCUT2D eigenvalue weighted by Gasteiger charge is 2.32. The summed E-state index contributed by atoms with van der Waals surface area (Å²) in [5.41, 5.74) is 3.54. The van der Waals surface area contributed by atoms with Crippen LogP contribution in [0.2, 0.25) is 0 Å². The molecule has 2 aliphatic rings. The second-order valence-electron chi connectivity index (χ2n) is 7.19. The molecule has 29 heavy (non-hydrogen) atoms. The smallest absolute Gasteiger partial charge is 0.277 e. The normalized spacial score (nSPS) is 16.6. The Bertz CT molecular complexity index is 1090. The number of nitrogens with zero attached hydrogens (tertiary/aromatic N) is 3. The first kappa shape index (κ1) is 17.5. The number of rotatable bonds is 4. The molecule has 2 aliphatic heterocycles. The lowest BCUT2D eigenvalue weighted by Crippen LogP contribution is -2.36. The average Bonchev–Trinajstić information content (AvgIpc) is 3.34. The summed E-state index contributed by atoms with van der Waals surface area (Å²) < 4.78 is 10.7. The van der Waals surface area contributed by atoms with E-state index in [-0.39, 0.29) is 18.7 Å². The van der Waals surface area contributed by atoms with Crippen molar-refractivity contribution < 1.29 is 14.3 Å². The first-order chi connectivity index (χ1) is 14.2. The third kappa shape index (κ3) is 3.24. The largest absolute Gasteiger partial charge is 0.454 e. The number of carbonyl (C=O) groups is 1. The van der Waals surface area contributed by atoms with Crippen LogP contribution in [0.4, 0.5) is 11.5 Å². The van der Waals surface area contributed by atoms with Crippen molar-refractivity contribution in [2.24, 2.45) is 0 Å². The highest BCUT2D eigenvalue weighted by molar-refractivity contribution is 6.06. The van der Waals surface area contributed by atoms with E-state index in [0.717, 1.165) is 29.2 Å². The standard InChI is InChI=1S/C22H20N4O3/c1-14-8-16-4-2-3-5-18(16)26(14)22(27)17-10-21(25-12-24-17)23-11-15-6-7-19-20(9-15)29-13-28-19/h2-7,9-10,12,14H,8,11,13H2,1H3,(H,23,24,25). The Morgan fingerprint density at radius 3 is 2.93 bits per heavy atom. The maximum absolute atomic E-state index is 13.2. The van der Waals surface area contributed by atoms with Crippen molar-refractivity contribution in [1.82, 2.24) is 9.97 Å². The molecule has 0 aliphatic carbocycles. The van der Waals surface area contributed by atoms with Crippen LogP contribution >= 0.6 is 0 Å². The van der Waals surface area contributed by atoms with E-state index in [1.165, 1.54) is 11.9 Å².